The lowest BCUT2D eigenvalue weighted by molar-refractivity contribution is -0.325. The average Bonchev–Trinajstić information content (AvgIpc) is 3.94. The SMILES string of the molecule is [O-]C1=C(c2ccc3c4c(cccc24)N=C(n2c4ccccc4c4ccccc42)N3)C([O-])=C1C1C=CC2=C3C(=CC=CC31)NC(c1ccc3c4c(cccc14)N=C(n1c4ccccc4c4ccccc41)N3)=N2. The Balaban J connectivity index is 0.728. The van der Waals surface area contributed by atoms with E-state index in [1.807, 2.05) is 60.7 Å². The molecule has 10 nitrogen and oxygen atoms in total. The Morgan fingerprint density at radius 1 is 0.437 bits per heavy atom. The van der Waals surface area contributed by atoms with Gasteiger partial charge < -0.3 is 26.2 Å². The number of nitrogens with one attached hydrogen (secondary N) is 3. The lowest BCUT2D eigenvalue weighted by Crippen LogP contribution is -2.38. The van der Waals surface area contributed by atoms with Gasteiger partial charge >= 0.3 is 0 Å². The topological polar surface area (TPSA) is 129 Å². The highest BCUT2D eigenvalue weighted by atomic mass is 16.3. The Morgan fingerprint density at radius 2 is 0.930 bits per heavy atom. The average molecular weight is 913 g/mol. The summed E-state index contributed by atoms with van der Waals surface area (Å²) >= 11 is 0. The number of para-hydroxylation sites is 4. The lowest BCUT2D eigenvalue weighted by Gasteiger charge is -2.46. The van der Waals surface area contributed by atoms with E-state index in [-0.39, 0.29) is 23.0 Å². The smallest absolute Gasteiger partial charge is 0.213 e. The van der Waals surface area contributed by atoms with Crippen LogP contribution in [0, 0.1) is 11.8 Å². The number of anilines is 2. The molecule has 0 fully saturated rings. The van der Waals surface area contributed by atoms with E-state index in [0.717, 1.165) is 111 Å². The van der Waals surface area contributed by atoms with E-state index in [1.165, 1.54) is 10.8 Å². The number of benzene rings is 8. The van der Waals surface area contributed by atoms with Crippen LogP contribution in [0.15, 0.2) is 237 Å². The Kier molecular flexibility index (Phi) is 7.53. The minimum atomic E-state index is -0.441. The molecule has 2 unspecified atom stereocenters. The fourth-order valence-corrected chi connectivity index (χ4v) is 12.1. The highest BCUT2D eigenvalue weighted by molar-refractivity contribution is 6.24. The van der Waals surface area contributed by atoms with Crippen molar-refractivity contribution in [2.75, 3.05) is 10.6 Å². The van der Waals surface area contributed by atoms with Gasteiger partial charge in [-0.25, -0.2) is 15.0 Å². The first-order valence-electron chi connectivity index (χ1n) is 23.9. The molecule has 0 bridgehead atoms. The van der Waals surface area contributed by atoms with Crippen molar-refractivity contribution in [3.8, 4) is 0 Å². The number of hydrogen-bond acceptors (Lipinski definition) is 8. The van der Waals surface area contributed by atoms with Crippen LogP contribution in [0.4, 0.5) is 22.7 Å². The molecule has 8 aromatic carbocycles. The highest BCUT2D eigenvalue weighted by Crippen LogP contribution is 2.51. The summed E-state index contributed by atoms with van der Waals surface area (Å²) in [7, 11) is 0. The van der Waals surface area contributed by atoms with Crippen LogP contribution in [0.1, 0.15) is 11.1 Å². The van der Waals surface area contributed by atoms with Crippen molar-refractivity contribution in [2.45, 2.75) is 0 Å². The third-order valence-electron chi connectivity index (χ3n) is 15.2. The largest absolute Gasteiger partial charge is 0.872 e. The minimum Gasteiger partial charge on any atom is -0.872 e. The van der Waals surface area contributed by atoms with E-state index in [9.17, 15) is 10.2 Å². The first-order valence-corrected chi connectivity index (χ1v) is 23.9. The van der Waals surface area contributed by atoms with Crippen LogP contribution in [-0.4, -0.2) is 26.9 Å². The summed E-state index contributed by atoms with van der Waals surface area (Å²) in [6.07, 6.45) is 10.1. The van der Waals surface area contributed by atoms with E-state index >= 15 is 0 Å². The van der Waals surface area contributed by atoms with Crippen LogP contribution >= 0.6 is 0 Å². The summed E-state index contributed by atoms with van der Waals surface area (Å²) in [5, 5.41) is 48.3. The van der Waals surface area contributed by atoms with Crippen LogP contribution in [0.3, 0.4) is 0 Å². The van der Waals surface area contributed by atoms with Crippen molar-refractivity contribution in [3.63, 3.8) is 0 Å². The highest BCUT2D eigenvalue weighted by Gasteiger charge is 2.38. The molecule has 2 aromatic heterocycles. The molecule has 3 N–H and O–H groups in total. The number of hydrogen-bond donors (Lipinski definition) is 3. The summed E-state index contributed by atoms with van der Waals surface area (Å²) < 4.78 is 4.36. The number of rotatable bonds is 3. The molecule has 71 heavy (non-hydrogen) atoms. The van der Waals surface area contributed by atoms with Gasteiger partial charge in [-0.2, -0.15) is 0 Å². The van der Waals surface area contributed by atoms with Gasteiger partial charge in [0, 0.05) is 61.0 Å². The summed E-state index contributed by atoms with van der Waals surface area (Å²) in [4.78, 5) is 15.7. The van der Waals surface area contributed by atoms with Crippen LogP contribution < -0.4 is 26.2 Å². The number of aliphatic imine (C=N–C) groups is 3. The van der Waals surface area contributed by atoms with E-state index in [1.54, 1.807) is 0 Å². The van der Waals surface area contributed by atoms with E-state index < -0.39 is 5.92 Å². The first-order chi connectivity index (χ1) is 35.1. The molecule has 0 radical (unpaired) electrons. The fraction of sp³-hybridized carbons (Fsp3) is 0.0328. The summed E-state index contributed by atoms with van der Waals surface area (Å²) in [6, 6.07) is 53.8. The van der Waals surface area contributed by atoms with Gasteiger partial charge in [0.25, 0.3) is 0 Å². The Hall–Kier alpha value is -9.67. The number of aromatic nitrogens is 2. The molecule has 0 saturated heterocycles. The standard InChI is InChI=1S/C61H38N8O2/c70-57-55(58(71)56(57)40-27-30-46-53-37(40)17-10-20-43(53)64-60(66-46)68-48-22-5-1-12-32(48)33-13-2-6-23-49(33)68)39-26-29-45-52-36(39)16-9-19-42(52)62-59(63-45)41-28-31-47-54-38(41)18-11-21-44(54)65-61(67-47)69-50-24-7-3-14-34(50)35-15-4-8-25-51(35)69/h1-31,36,39,70-71H,(H,62,63)(H,64,66)(H,65,67)/p-2. The van der Waals surface area contributed by atoms with Gasteiger partial charge in [-0.15, -0.1) is 0 Å². The summed E-state index contributed by atoms with van der Waals surface area (Å²) in [5.41, 5.74) is 12.5. The van der Waals surface area contributed by atoms with Gasteiger partial charge in [-0.1, -0.05) is 138 Å². The Labute approximate surface area is 404 Å². The second-order valence-electron chi connectivity index (χ2n) is 18.8. The Morgan fingerprint density at radius 3 is 1.48 bits per heavy atom. The maximum Gasteiger partial charge on any atom is 0.213 e. The van der Waals surface area contributed by atoms with Gasteiger partial charge in [-0.05, 0) is 88.7 Å². The van der Waals surface area contributed by atoms with Crippen molar-refractivity contribution < 1.29 is 10.2 Å². The molecule has 2 atom stereocenters. The monoisotopic (exact) mass is 912 g/mol. The van der Waals surface area contributed by atoms with Gasteiger partial charge in [-0.3, -0.25) is 9.13 Å². The summed E-state index contributed by atoms with van der Waals surface area (Å²) in [6.45, 7) is 0. The molecule has 0 saturated carbocycles. The second kappa shape index (κ2) is 14.0. The molecule has 16 rings (SSSR count). The van der Waals surface area contributed by atoms with Gasteiger partial charge in [0.2, 0.25) is 11.9 Å². The van der Waals surface area contributed by atoms with Crippen LogP contribution in [0.25, 0.3) is 70.7 Å². The van der Waals surface area contributed by atoms with Crippen molar-refractivity contribution in [1.29, 1.82) is 0 Å². The molecule has 334 valence electrons. The quantitative estimate of drug-likeness (QED) is 0.163. The van der Waals surface area contributed by atoms with Crippen LogP contribution in [0.5, 0.6) is 0 Å². The number of fused-ring (bicyclic) bond motifs is 6. The van der Waals surface area contributed by atoms with Gasteiger partial charge in [0.05, 0.1) is 50.5 Å². The number of amidine groups is 1. The zero-order valence-electron chi connectivity index (χ0n) is 37.6. The zero-order chi connectivity index (χ0) is 46.6. The van der Waals surface area contributed by atoms with Crippen molar-refractivity contribution in [1.82, 2.24) is 14.5 Å². The molecular formula is C61H36N8O2-2. The van der Waals surface area contributed by atoms with E-state index in [2.05, 4.69) is 152 Å². The predicted octanol–water partition coefficient (Wildman–Crippen LogP) is 11.4. The molecule has 6 aliphatic rings. The Bertz CT molecular complexity index is 4360. The maximum atomic E-state index is 14.5. The molecule has 10 aromatic rings. The van der Waals surface area contributed by atoms with Crippen molar-refractivity contribution in [3.05, 3.63) is 233 Å². The number of nitrogens with zero attached hydrogens (tertiary/aromatic N) is 5. The fourth-order valence-electron chi connectivity index (χ4n) is 12.1. The van der Waals surface area contributed by atoms with E-state index in [4.69, 9.17) is 15.0 Å². The molecule has 0 spiro atoms. The lowest BCUT2D eigenvalue weighted by atomic mass is 9.69. The van der Waals surface area contributed by atoms with Crippen LogP contribution in [0.2, 0.25) is 0 Å². The minimum absolute atomic E-state index is 0.216. The molecular weight excluding hydrogens is 877 g/mol. The van der Waals surface area contributed by atoms with Crippen molar-refractivity contribution >= 4 is 111 Å². The third kappa shape index (κ3) is 5.17. The number of allylic oxidation sites excluding steroid dienone is 8. The maximum absolute atomic E-state index is 14.5. The second-order valence-corrected chi connectivity index (χ2v) is 18.8. The van der Waals surface area contributed by atoms with E-state index in [0.29, 0.717) is 17.1 Å². The molecule has 5 heterocycles. The van der Waals surface area contributed by atoms with Crippen LogP contribution in [-0.2, 0) is 0 Å². The summed E-state index contributed by atoms with van der Waals surface area (Å²) in [5.74, 6) is 1.03. The predicted molar refractivity (Wildman–Crippen MR) is 283 cm³/mol. The van der Waals surface area contributed by atoms with Crippen molar-refractivity contribution in [2.24, 2.45) is 26.8 Å². The normalized spacial score (nSPS) is 18.6. The molecule has 0 amide bonds. The zero-order valence-corrected chi connectivity index (χ0v) is 37.6. The van der Waals surface area contributed by atoms with Gasteiger partial charge in [0.1, 0.15) is 5.84 Å². The molecule has 10 heteroatoms. The van der Waals surface area contributed by atoms with Gasteiger partial charge in [0.15, 0.2) is 0 Å². The first kappa shape index (κ1) is 38.3. The molecule has 3 aliphatic heterocycles. The third-order valence-corrected chi connectivity index (χ3v) is 15.2. The molecule has 3 aliphatic carbocycles.